The number of hydrogen-bond donors (Lipinski definition) is 1. The van der Waals surface area contributed by atoms with Crippen LogP contribution < -0.4 is 5.32 Å². The van der Waals surface area contributed by atoms with Crippen LogP contribution >= 0.6 is 11.6 Å². The van der Waals surface area contributed by atoms with Gasteiger partial charge in [0.1, 0.15) is 0 Å². The van der Waals surface area contributed by atoms with Crippen LogP contribution in [0.25, 0.3) is 0 Å². The van der Waals surface area contributed by atoms with Crippen LogP contribution in [0.2, 0.25) is 5.02 Å². The van der Waals surface area contributed by atoms with Crippen molar-refractivity contribution < 1.29 is 27.7 Å². The Balaban J connectivity index is 1.63. The fourth-order valence-corrected chi connectivity index (χ4v) is 5.85. The van der Waals surface area contributed by atoms with Crippen LogP contribution in [0.3, 0.4) is 0 Å². The standard InChI is InChI=1S/C23H26ClN3O7S/c1-14-10-15(2)13-26(12-14)35(32,33)19-7-4-17(5-8-19)23(29)34-16(3)22(28)25-21-9-6-18(27(30)31)11-20(21)24/h4-9,11,14-16H,10,12-13H2,1-3H3,(H,25,28). The van der Waals surface area contributed by atoms with E-state index in [0.717, 1.165) is 12.5 Å². The van der Waals surface area contributed by atoms with E-state index in [2.05, 4.69) is 5.32 Å². The van der Waals surface area contributed by atoms with Crippen molar-refractivity contribution in [2.75, 3.05) is 18.4 Å². The zero-order valence-electron chi connectivity index (χ0n) is 19.4. The van der Waals surface area contributed by atoms with Crippen molar-refractivity contribution in [1.29, 1.82) is 0 Å². The van der Waals surface area contributed by atoms with E-state index in [1.807, 2.05) is 13.8 Å². The van der Waals surface area contributed by atoms with Crippen LogP contribution in [-0.4, -0.2) is 48.7 Å². The Morgan fingerprint density at radius 1 is 1.14 bits per heavy atom. The normalized spacial score (nSPS) is 19.5. The average molecular weight is 524 g/mol. The number of ether oxygens (including phenoxy) is 1. The number of amides is 1. The molecule has 10 nitrogen and oxygen atoms in total. The van der Waals surface area contributed by atoms with Gasteiger partial charge in [0.15, 0.2) is 6.10 Å². The Bertz CT molecular complexity index is 1220. The summed E-state index contributed by atoms with van der Waals surface area (Å²) in [6.07, 6.45) is -0.243. The topological polar surface area (TPSA) is 136 Å². The number of carbonyl (C=O) groups excluding carboxylic acids is 2. The highest BCUT2D eigenvalue weighted by molar-refractivity contribution is 7.89. The zero-order valence-corrected chi connectivity index (χ0v) is 21.0. The van der Waals surface area contributed by atoms with Crippen molar-refractivity contribution in [3.8, 4) is 0 Å². The molecule has 1 heterocycles. The van der Waals surface area contributed by atoms with Crippen LogP contribution in [0.5, 0.6) is 0 Å². The number of esters is 1. The molecule has 1 N–H and O–H groups in total. The fourth-order valence-electron chi connectivity index (χ4n) is 3.95. The van der Waals surface area contributed by atoms with E-state index in [4.69, 9.17) is 16.3 Å². The van der Waals surface area contributed by atoms with Gasteiger partial charge in [-0.15, -0.1) is 0 Å². The molecule has 3 rings (SSSR count). The van der Waals surface area contributed by atoms with E-state index in [-0.39, 0.29) is 38.7 Å². The van der Waals surface area contributed by atoms with Crippen LogP contribution in [0.15, 0.2) is 47.4 Å². The maximum absolute atomic E-state index is 13.0. The number of nitrogens with zero attached hydrogens (tertiary/aromatic N) is 2. The third-order valence-corrected chi connectivity index (χ3v) is 7.80. The number of halogens is 1. The Morgan fingerprint density at radius 3 is 2.29 bits per heavy atom. The summed E-state index contributed by atoms with van der Waals surface area (Å²) in [5, 5.41) is 13.2. The summed E-state index contributed by atoms with van der Waals surface area (Å²) < 4.78 is 32.6. The second-order valence-electron chi connectivity index (χ2n) is 8.75. The van der Waals surface area contributed by atoms with E-state index in [1.54, 1.807) is 0 Å². The second-order valence-corrected chi connectivity index (χ2v) is 11.1. The van der Waals surface area contributed by atoms with Gasteiger partial charge in [0, 0.05) is 25.2 Å². The van der Waals surface area contributed by atoms with E-state index in [1.165, 1.54) is 47.6 Å². The number of piperidine rings is 1. The van der Waals surface area contributed by atoms with Crippen molar-refractivity contribution in [2.45, 2.75) is 38.2 Å². The fraction of sp³-hybridized carbons (Fsp3) is 0.391. The molecule has 35 heavy (non-hydrogen) atoms. The van der Waals surface area contributed by atoms with E-state index < -0.39 is 32.9 Å². The summed E-state index contributed by atoms with van der Waals surface area (Å²) in [4.78, 5) is 35.1. The monoisotopic (exact) mass is 523 g/mol. The van der Waals surface area contributed by atoms with Crippen LogP contribution in [0, 0.1) is 22.0 Å². The smallest absolute Gasteiger partial charge is 0.338 e. The number of non-ortho nitro benzene ring substituents is 1. The van der Waals surface area contributed by atoms with E-state index in [0.29, 0.717) is 13.1 Å². The number of benzene rings is 2. The van der Waals surface area contributed by atoms with Gasteiger partial charge in [-0.25, -0.2) is 13.2 Å². The SMILES string of the molecule is CC1CC(C)CN(S(=O)(=O)c2ccc(C(=O)OC(C)C(=O)Nc3ccc([N+](=O)[O-])cc3Cl)cc2)C1. The third-order valence-electron chi connectivity index (χ3n) is 5.64. The Hall–Kier alpha value is -3.02. The average Bonchev–Trinajstić information content (AvgIpc) is 2.79. The first-order valence-electron chi connectivity index (χ1n) is 10.9. The summed E-state index contributed by atoms with van der Waals surface area (Å²) in [7, 11) is -3.69. The highest BCUT2D eigenvalue weighted by atomic mass is 35.5. The maximum Gasteiger partial charge on any atom is 0.338 e. The molecule has 1 fully saturated rings. The van der Waals surface area contributed by atoms with Gasteiger partial charge in [-0.3, -0.25) is 14.9 Å². The first-order valence-corrected chi connectivity index (χ1v) is 12.8. The lowest BCUT2D eigenvalue weighted by molar-refractivity contribution is -0.384. The second kappa shape index (κ2) is 10.7. The van der Waals surface area contributed by atoms with Gasteiger partial charge in [0.25, 0.3) is 11.6 Å². The lowest BCUT2D eigenvalue weighted by Gasteiger charge is -2.34. The predicted molar refractivity (Wildman–Crippen MR) is 130 cm³/mol. The van der Waals surface area contributed by atoms with Gasteiger partial charge < -0.3 is 10.1 Å². The number of nitro benzene ring substituents is 1. The lowest BCUT2D eigenvalue weighted by Crippen LogP contribution is -2.42. The molecule has 1 saturated heterocycles. The summed E-state index contributed by atoms with van der Waals surface area (Å²) in [5.74, 6) is -0.985. The van der Waals surface area contributed by atoms with E-state index >= 15 is 0 Å². The van der Waals surface area contributed by atoms with Crippen molar-refractivity contribution in [3.05, 3.63) is 63.2 Å². The van der Waals surface area contributed by atoms with Gasteiger partial charge in [-0.05, 0) is 55.5 Å². The molecule has 0 spiro atoms. The summed E-state index contributed by atoms with van der Waals surface area (Å²) >= 11 is 5.97. The molecule has 0 radical (unpaired) electrons. The molecule has 3 atom stereocenters. The molecule has 0 saturated carbocycles. The Labute approximate surface area is 208 Å². The quantitative estimate of drug-likeness (QED) is 0.328. The van der Waals surface area contributed by atoms with Crippen molar-refractivity contribution in [2.24, 2.45) is 11.8 Å². The Kier molecular flexibility index (Phi) is 8.14. The molecule has 0 aliphatic carbocycles. The maximum atomic E-state index is 13.0. The van der Waals surface area contributed by atoms with Crippen molar-refractivity contribution >= 4 is 44.9 Å². The highest BCUT2D eigenvalue weighted by Gasteiger charge is 2.32. The lowest BCUT2D eigenvalue weighted by atomic mass is 9.94. The number of nitro groups is 1. The number of sulfonamides is 1. The van der Waals surface area contributed by atoms with Gasteiger partial charge >= 0.3 is 5.97 Å². The molecule has 1 aliphatic rings. The largest absolute Gasteiger partial charge is 0.449 e. The number of carbonyl (C=O) groups is 2. The third kappa shape index (κ3) is 6.36. The zero-order chi connectivity index (χ0) is 25.9. The van der Waals surface area contributed by atoms with Gasteiger partial charge in [0.05, 0.1) is 26.1 Å². The molecule has 188 valence electrons. The molecular formula is C23H26ClN3O7S. The molecule has 12 heteroatoms. The molecule has 3 unspecified atom stereocenters. The molecule has 1 aliphatic heterocycles. The molecule has 0 aromatic heterocycles. The number of anilines is 1. The minimum Gasteiger partial charge on any atom is -0.449 e. The molecule has 2 aromatic rings. The first-order chi connectivity index (χ1) is 16.4. The molecular weight excluding hydrogens is 498 g/mol. The minimum atomic E-state index is -3.69. The summed E-state index contributed by atoms with van der Waals surface area (Å²) in [6, 6.07) is 8.91. The molecule has 0 bridgehead atoms. The summed E-state index contributed by atoms with van der Waals surface area (Å²) in [6.45, 7) is 6.28. The minimum absolute atomic E-state index is 0.0413. The van der Waals surface area contributed by atoms with Gasteiger partial charge in [0.2, 0.25) is 10.0 Å². The van der Waals surface area contributed by atoms with Crippen LogP contribution in [0.1, 0.15) is 37.6 Å². The van der Waals surface area contributed by atoms with Gasteiger partial charge in [-0.1, -0.05) is 25.4 Å². The van der Waals surface area contributed by atoms with E-state index in [9.17, 15) is 28.1 Å². The number of hydrogen-bond acceptors (Lipinski definition) is 7. The first kappa shape index (κ1) is 26.6. The highest BCUT2D eigenvalue weighted by Crippen LogP contribution is 2.28. The van der Waals surface area contributed by atoms with Gasteiger partial charge in [-0.2, -0.15) is 4.31 Å². The number of rotatable bonds is 7. The van der Waals surface area contributed by atoms with Crippen LogP contribution in [0.4, 0.5) is 11.4 Å². The molecule has 2 aromatic carbocycles. The van der Waals surface area contributed by atoms with Crippen molar-refractivity contribution in [3.63, 3.8) is 0 Å². The summed E-state index contributed by atoms with van der Waals surface area (Å²) in [5.41, 5.74) is -0.0272. The van der Waals surface area contributed by atoms with Crippen LogP contribution in [-0.2, 0) is 19.6 Å². The van der Waals surface area contributed by atoms with Crippen molar-refractivity contribution in [1.82, 2.24) is 4.31 Å². The predicted octanol–water partition coefficient (Wildman–Crippen LogP) is 4.10. The molecule has 1 amide bonds. The number of nitrogens with one attached hydrogen (secondary N) is 1. The Morgan fingerprint density at radius 2 is 1.74 bits per heavy atom.